The molecular weight excluding hydrogens is 258 g/mol. The SMILES string of the molecule is COc1ccccc1CS(=O)c1cccc(C)c1N. The van der Waals surface area contributed by atoms with Crippen molar-refractivity contribution in [3.63, 3.8) is 0 Å². The van der Waals surface area contributed by atoms with Crippen LogP contribution in [-0.2, 0) is 16.6 Å². The van der Waals surface area contributed by atoms with Gasteiger partial charge >= 0.3 is 0 Å². The van der Waals surface area contributed by atoms with Crippen molar-refractivity contribution in [2.75, 3.05) is 12.8 Å². The molecule has 0 fully saturated rings. The van der Waals surface area contributed by atoms with E-state index in [9.17, 15) is 4.21 Å². The van der Waals surface area contributed by atoms with Crippen molar-refractivity contribution in [3.8, 4) is 5.75 Å². The third-order valence-electron chi connectivity index (χ3n) is 3.01. The average Bonchev–Trinajstić information content (AvgIpc) is 2.42. The summed E-state index contributed by atoms with van der Waals surface area (Å²) in [5, 5.41) is 0. The first-order chi connectivity index (χ1) is 9.13. The van der Waals surface area contributed by atoms with Crippen LogP contribution in [0.1, 0.15) is 11.1 Å². The number of anilines is 1. The van der Waals surface area contributed by atoms with Gasteiger partial charge in [0.25, 0.3) is 0 Å². The third-order valence-corrected chi connectivity index (χ3v) is 4.43. The van der Waals surface area contributed by atoms with Crippen molar-refractivity contribution in [2.45, 2.75) is 17.6 Å². The van der Waals surface area contributed by atoms with Crippen LogP contribution in [-0.4, -0.2) is 11.3 Å². The summed E-state index contributed by atoms with van der Waals surface area (Å²) < 4.78 is 17.7. The Labute approximate surface area is 115 Å². The molecule has 0 amide bonds. The highest BCUT2D eigenvalue weighted by atomic mass is 32.2. The molecule has 4 heteroatoms. The standard InChI is InChI=1S/C15H17NO2S/c1-11-6-5-9-14(15(11)16)19(17)10-12-7-3-4-8-13(12)18-2/h3-9H,10,16H2,1-2H3. The molecule has 0 aromatic heterocycles. The normalized spacial score (nSPS) is 12.1. The van der Waals surface area contributed by atoms with Gasteiger partial charge in [-0.15, -0.1) is 0 Å². The van der Waals surface area contributed by atoms with Crippen LogP contribution in [0.15, 0.2) is 47.4 Å². The Balaban J connectivity index is 2.28. The van der Waals surface area contributed by atoms with Gasteiger partial charge in [0.2, 0.25) is 0 Å². The van der Waals surface area contributed by atoms with Crippen LogP contribution in [0.4, 0.5) is 5.69 Å². The van der Waals surface area contributed by atoms with Crippen LogP contribution in [0, 0.1) is 6.92 Å². The Morgan fingerprint density at radius 1 is 1.16 bits per heavy atom. The van der Waals surface area contributed by atoms with Gasteiger partial charge in [0.1, 0.15) is 5.75 Å². The molecule has 0 radical (unpaired) electrons. The lowest BCUT2D eigenvalue weighted by Crippen LogP contribution is -2.03. The van der Waals surface area contributed by atoms with E-state index in [-0.39, 0.29) is 0 Å². The molecule has 1 unspecified atom stereocenters. The second-order valence-corrected chi connectivity index (χ2v) is 5.71. The minimum atomic E-state index is -1.17. The molecule has 2 aromatic carbocycles. The Hall–Kier alpha value is -1.81. The fourth-order valence-electron chi connectivity index (χ4n) is 1.89. The molecule has 0 spiro atoms. The van der Waals surface area contributed by atoms with Gasteiger partial charge in [-0.3, -0.25) is 4.21 Å². The highest BCUT2D eigenvalue weighted by Crippen LogP contribution is 2.25. The van der Waals surface area contributed by atoms with Crippen molar-refractivity contribution in [1.29, 1.82) is 0 Å². The summed E-state index contributed by atoms with van der Waals surface area (Å²) >= 11 is 0. The smallest absolute Gasteiger partial charge is 0.122 e. The minimum absolute atomic E-state index is 0.400. The van der Waals surface area contributed by atoms with E-state index in [1.165, 1.54) is 0 Å². The topological polar surface area (TPSA) is 52.3 Å². The molecule has 1 atom stereocenters. The van der Waals surface area contributed by atoms with Crippen molar-refractivity contribution in [3.05, 3.63) is 53.6 Å². The van der Waals surface area contributed by atoms with E-state index < -0.39 is 10.8 Å². The van der Waals surface area contributed by atoms with E-state index in [0.717, 1.165) is 16.9 Å². The Bertz CT molecular complexity index is 611. The van der Waals surface area contributed by atoms with Crippen LogP contribution in [0.5, 0.6) is 5.75 Å². The molecule has 2 rings (SSSR count). The molecule has 2 aromatic rings. The number of nitrogen functional groups attached to an aromatic ring is 1. The van der Waals surface area contributed by atoms with Crippen LogP contribution in [0.2, 0.25) is 0 Å². The summed E-state index contributed by atoms with van der Waals surface area (Å²) in [7, 11) is 0.441. The molecular formula is C15H17NO2S. The lowest BCUT2D eigenvalue weighted by Gasteiger charge is -2.10. The number of para-hydroxylation sites is 2. The molecule has 0 saturated carbocycles. The van der Waals surface area contributed by atoms with E-state index in [4.69, 9.17) is 10.5 Å². The maximum Gasteiger partial charge on any atom is 0.122 e. The molecule has 0 heterocycles. The number of benzene rings is 2. The van der Waals surface area contributed by atoms with Crippen LogP contribution in [0.25, 0.3) is 0 Å². The monoisotopic (exact) mass is 275 g/mol. The van der Waals surface area contributed by atoms with Gasteiger partial charge < -0.3 is 10.5 Å². The number of ether oxygens (including phenoxy) is 1. The van der Waals surface area contributed by atoms with Gasteiger partial charge in [-0.25, -0.2) is 0 Å². The maximum absolute atomic E-state index is 12.4. The zero-order valence-corrected chi connectivity index (χ0v) is 11.9. The van der Waals surface area contributed by atoms with Crippen LogP contribution in [0.3, 0.4) is 0 Å². The number of methoxy groups -OCH3 is 1. The summed E-state index contributed by atoms with van der Waals surface area (Å²) in [6.45, 7) is 1.92. The summed E-state index contributed by atoms with van der Waals surface area (Å²) in [4.78, 5) is 0.686. The van der Waals surface area contributed by atoms with Crippen LogP contribution < -0.4 is 10.5 Å². The van der Waals surface area contributed by atoms with Crippen molar-refractivity contribution >= 4 is 16.5 Å². The van der Waals surface area contributed by atoms with Crippen molar-refractivity contribution in [1.82, 2.24) is 0 Å². The zero-order valence-electron chi connectivity index (χ0n) is 11.1. The fraction of sp³-hybridized carbons (Fsp3) is 0.200. The summed E-state index contributed by atoms with van der Waals surface area (Å²) in [6.07, 6.45) is 0. The molecule has 0 saturated heterocycles. The molecule has 2 N–H and O–H groups in total. The largest absolute Gasteiger partial charge is 0.496 e. The first-order valence-corrected chi connectivity index (χ1v) is 7.30. The quantitative estimate of drug-likeness (QED) is 0.873. The van der Waals surface area contributed by atoms with E-state index in [0.29, 0.717) is 16.3 Å². The number of rotatable bonds is 4. The highest BCUT2D eigenvalue weighted by Gasteiger charge is 2.12. The molecule has 0 aliphatic heterocycles. The molecule has 0 aliphatic rings. The summed E-state index contributed by atoms with van der Waals surface area (Å²) in [6, 6.07) is 13.2. The first kappa shape index (κ1) is 13.6. The molecule has 19 heavy (non-hydrogen) atoms. The summed E-state index contributed by atoms with van der Waals surface area (Å²) in [5.41, 5.74) is 8.46. The molecule has 0 bridgehead atoms. The van der Waals surface area contributed by atoms with Gasteiger partial charge in [0.05, 0.1) is 34.2 Å². The van der Waals surface area contributed by atoms with Gasteiger partial charge in [0.15, 0.2) is 0 Å². The third kappa shape index (κ3) is 2.96. The number of hydrogen-bond donors (Lipinski definition) is 1. The van der Waals surface area contributed by atoms with Crippen LogP contribution >= 0.6 is 0 Å². The van der Waals surface area contributed by atoms with Gasteiger partial charge in [0, 0.05) is 5.56 Å². The first-order valence-electron chi connectivity index (χ1n) is 5.99. The average molecular weight is 275 g/mol. The molecule has 100 valence electrons. The predicted octanol–water partition coefficient (Wildman–Crippen LogP) is 2.89. The minimum Gasteiger partial charge on any atom is -0.496 e. The van der Waals surface area contributed by atoms with E-state index >= 15 is 0 Å². The second kappa shape index (κ2) is 5.89. The van der Waals surface area contributed by atoms with E-state index in [2.05, 4.69) is 0 Å². The van der Waals surface area contributed by atoms with Gasteiger partial charge in [-0.2, -0.15) is 0 Å². The highest BCUT2D eigenvalue weighted by molar-refractivity contribution is 7.84. The number of hydrogen-bond acceptors (Lipinski definition) is 3. The maximum atomic E-state index is 12.4. The second-order valence-electron chi connectivity index (χ2n) is 4.29. The number of aryl methyl sites for hydroxylation is 1. The Kier molecular flexibility index (Phi) is 4.22. The lowest BCUT2D eigenvalue weighted by molar-refractivity contribution is 0.411. The fourth-order valence-corrected chi connectivity index (χ4v) is 3.21. The van der Waals surface area contributed by atoms with Gasteiger partial charge in [-0.05, 0) is 24.6 Å². The number of nitrogens with two attached hydrogens (primary N) is 1. The zero-order chi connectivity index (χ0) is 13.8. The summed E-state index contributed by atoms with van der Waals surface area (Å²) in [5.74, 6) is 1.15. The van der Waals surface area contributed by atoms with Crippen molar-refractivity contribution in [2.24, 2.45) is 0 Å². The Morgan fingerprint density at radius 2 is 1.89 bits per heavy atom. The lowest BCUT2D eigenvalue weighted by atomic mass is 10.2. The van der Waals surface area contributed by atoms with Gasteiger partial charge in [-0.1, -0.05) is 30.3 Å². The van der Waals surface area contributed by atoms with E-state index in [1.54, 1.807) is 7.11 Å². The van der Waals surface area contributed by atoms with Crippen molar-refractivity contribution < 1.29 is 8.95 Å². The molecule has 0 aliphatic carbocycles. The predicted molar refractivity (Wildman–Crippen MR) is 78.7 cm³/mol. The van der Waals surface area contributed by atoms with E-state index in [1.807, 2.05) is 49.4 Å². The Morgan fingerprint density at radius 3 is 2.63 bits per heavy atom. The molecule has 3 nitrogen and oxygen atoms in total.